The van der Waals surface area contributed by atoms with Crippen LogP contribution in [0.25, 0.3) is 0 Å². The van der Waals surface area contributed by atoms with Crippen molar-refractivity contribution in [2.75, 3.05) is 30.7 Å². The van der Waals surface area contributed by atoms with E-state index in [1.54, 1.807) is 6.20 Å². The number of nitrogens with zero attached hydrogens (tertiary/aromatic N) is 2. The second-order valence-corrected chi connectivity index (χ2v) is 5.54. The average molecular weight is 240 g/mol. The van der Waals surface area contributed by atoms with Gasteiger partial charge >= 0.3 is 0 Å². The van der Waals surface area contributed by atoms with Gasteiger partial charge in [-0.3, -0.25) is 0 Å². The zero-order valence-corrected chi connectivity index (χ0v) is 10.6. The number of anilines is 2. The van der Waals surface area contributed by atoms with Crippen molar-refractivity contribution >= 4 is 21.5 Å². The van der Waals surface area contributed by atoms with Crippen molar-refractivity contribution in [2.45, 2.75) is 32.2 Å². The van der Waals surface area contributed by atoms with E-state index >= 15 is 0 Å². The van der Waals surface area contributed by atoms with Crippen molar-refractivity contribution in [2.24, 2.45) is 0 Å². The van der Waals surface area contributed by atoms with Gasteiger partial charge in [-0.2, -0.15) is 0 Å². The summed E-state index contributed by atoms with van der Waals surface area (Å²) in [6, 6.07) is 0.434. The van der Waals surface area contributed by atoms with Gasteiger partial charge in [0.1, 0.15) is 5.00 Å². The van der Waals surface area contributed by atoms with Gasteiger partial charge in [-0.15, -0.1) is 0 Å². The Labute approximate surface area is 101 Å². The van der Waals surface area contributed by atoms with Crippen LogP contribution in [0.3, 0.4) is 0 Å². The van der Waals surface area contributed by atoms with Crippen LogP contribution in [0.4, 0.5) is 10.1 Å². The van der Waals surface area contributed by atoms with Crippen molar-refractivity contribution in [3.63, 3.8) is 0 Å². The summed E-state index contributed by atoms with van der Waals surface area (Å²) in [5.41, 5.74) is 5.64. The monoisotopic (exact) mass is 240 g/mol. The minimum atomic E-state index is 0.434. The molecule has 1 fully saturated rings. The van der Waals surface area contributed by atoms with Crippen LogP contribution in [0.2, 0.25) is 0 Å². The first kappa shape index (κ1) is 11.7. The molecule has 0 saturated carbocycles. The lowest BCUT2D eigenvalue weighted by molar-refractivity contribution is 0.223. The fraction of sp³-hybridized carbons (Fsp3) is 0.727. The number of aromatic nitrogens is 1. The van der Waals surface area contributed by atoms with Gasteiger partial charge in [0.25, 0.3) is 0 Å². The summed E-state index contributed by atoms with van der Waals surface area (Å²) in [4.78, 5) is 6.74. The smallest absolute Gasteiger partial charge is 0.184 e. The van der Waals surface area contributed by atoms with Gasteiger partial charge in [-0.1, -0.05) is 17.8 Å². The van der Waals surface area contributed by atoms with Crippen LogP contribution < -0.4 is 11.1 Å². The number of thiazole rings is 1. The number of piperidine rings is 1. The molecule has 1 atom stereocenters. The van der Waals surface area contributed by atoms with Crippen LogP contribution in [0.5, 0.6) is 0 Å². The first-order valence-corrected chi connectivity index (χ1v) is 6.76. The molecule has 1 aromatic rings. The first-order chi connectivity index (χ1) is 7.74. The Bertz CT molecular complexity index is 320. The molecular formula is C11H20N4S. The third kappa shape index (κ3) is 3.35. The van der Waals surface area contributed by atoms with E-state index in [2.05, 4.69) is 22.1 Å². The molecule has 0 bridgehead atoms. The maximum absolute atomic E-state index is 5.64. The van der Waals surface area contributed by atoms with Gasteiger partial charge in [0.2, 0.25) is 0 Å². The summed E-state index contributed by atoms with van der Waals surface area (Å²) in [5.74, 6) is 0. The Morgan fingerprint density at radius 1 is 1.50 bits per heavy atom. The van der Waals surface area contributed by atoms with E-state index in [1.165, 1.54) is 43.7 Å². The van der Waals surface area contributed by atoms with E-state index in [9.17, 15) is 0 Å². The van der Waals surface area contributed by atoms with Gasteiger partial charge < -0.3 is 16.0 Å². The highest BCUT2D eigenvalue weighted by atomic mass is 32.1. The summed E-state index contributed by atoms with van der Waals surface area (Å²) in [6.45, 7) is 5.78. The maximum Gasteiger partial charge on any atom is 0.184 e. The number of rotatable bonds is 4. The van der Waals surface area contributed by atoms with Gasteiger partial charge in [-0.05, 0) is 32.9 Å². The number of nitrogens with two attached hydrogens (primary N) is 1. The standard InChI is InChI=1S/C11H20N4S/c1-9(8-15-5-3-2-4-6-15)14-11-13-7-10(12)16-11/h7,9H,2-6,8,12H2,1H3,(H,13,14). The van der Waals surface area contributed by atoms with E-state index < -0.39 is 0 Å². The molecule has 1 unspecified atom stereocenters. The fourth-order valence-electron chi connectivity index (χ4n) is 2.14. The van der Waals surface area contributed by atoms with Crippen LogP contribution in [-0.4, -0.2) is 35.6 Å². The SMILES string of the molecule is CC(CN1CCCCC1)Nc1ncc(N)s1. The zero-order chi connectivity index (χ0) is 11.4. The van der Waals surface area contributed by atoms with Crippen LogP contribution in [0, 0.1) is 0 Å². The van der Waals surface area contributed by atoms with Crippen LogP contribution in [-0.2, 0) is 0 Å². The lowest BCUT2D eigenvalue weighted by atomic mass is 10.1. The molecule has 0 spiro atoms. The Kier molecular flexibility index (Phi) is 4.01. The molecule has 0 radical (unpaired) electrons. The van der Waals surface area contributed by atoms with E-state index in [4.69, 9.17) is 5.73 Å². The Morgan fingerprint density at radius 3 is 2.88 bits per heavy atom. The summed E-state index contributed by atoms with van der Waals surface area (Å²) < 4.78 is 0. The fourth-order valence-corrected chi connectivity index (χ4v) is 2.83. The predicted octanol–water partition coefficient (Wildman–Crippen LogP) is 2.01. The van der Waals surface area contributed by atoms with Gasteiger partial charge in [0.15, 0.2) is 5.13 Å². The highest BCUT2D eigenvalue weighted by Gasteiger charge is 2.13. The second-order valence-electron chi connectivity index (χ2n) is 4.47. The molecule has 2 rings (SSSR count). The molecular weight excluding hydrogens is 220 g/mol. The van der Waals surface area contributed by atoms with Crippen molar-refractivity contribution in [3.8, 4) is 0 Å². The molecule has 5 heteroatoms. The van der Waals surface area contributed by atoms with E-state index in [1.807, 2.05) is 0 Å². The first-order valence-electron chi connectivity index (χ1n) is 5.94. The van der Waals surface area contributed by atoms with Gasteiger partial charge in [-0.25, -0.2) is 4.98 Å². The summed E-state index contributed by atoms with van der Waals surface area (Å²) >= 11 is 1.52. The quantitative estimate of drug-likeness (QED) is 0.845. The van der Waals surface area contributed by atoms with E-state index in [-0.39, 0.29) is 0 Å². The third-order valence-electron chi connectivity index (χ3n) is 2.87. The number of likely N-dealkylation sites (tertiary alicyclic amines) is 1. The second kappa shape index (κ2) is 5.50. The minimum absolute atomic E-state index is 0.434. The molecule has 1 saturated heterocycles. The summed E-state index contributed by atoms with van der Waals surface area (Å²) in [5, 5.41) is 5.10. The highest BCUT2D eigenvalue weighted by Crippen LogP contribution is 2.20. The number of hydrogen-bond donors (Lipinski definition) is 2. The largest absolute Gasteiger partial charge is 0.389 e. The van der Waals surface area contributed by atoms with Crippen molar-refractivity contribution in [1.29, 1.82) is 0 Å². The normalized spacial score (nSPS) is 19.6. The predicted molar refractivity (Wildman–Crippen MR) is 69.9 cm³/mol. The number of hydrogen-bond acceptors (Lipinski definition) is 5. The van der Waals surface area contributed by atoms with Gasteiger partial charge in [0.05, 0.1) is 6.20 Å². The van der Waals surface area contributed by atoms with Crippen LogP contribution in [0.1, 0.15) is 26.2 Å². The molecule has 1 aromatic heterocycles. The Balaban J connectivity index is 1.77. The Morgan fingerprint density at radius 2 is 2.25 bits per heavy atom. The number of nitrogens with one attached hydrogen (secondary N) is 1. The maximum atomic E-state index is 5.64. The number of nitrogen functional groups attached to an aromatic ring is 1. The molecule has 0 aromatic carbocycles. The topological polar surface area (TPSA) is 54.2 Å². The lowest BCUT2D eigenvalue weighted by Gasteiger charge is -2.29. The average Bonchev–Trinajstić information content (AvgIpc) is 2.65. The minimum Gasteiger partial charge on any atom is -0.389 e. The molecule has 2 heterocycles. The van der Waals surface area contributed by atoms with Crippen molar-refractivity contribution in [1.82, 2.24) is 9.88 Å². The van der Waals surface area contributed by atoms with Gasteiger partial charge in [0, 0.05) is 12.6 Å². The molecule has 90 valence electrons. The summed E-state index contributed by atoms with van der Waals surface area (Å²) in [6.07, 6.45) is 5.79. The molecule has 1 aliphatic rings. The Hall–Kier alpha value is -0.810. The van der Waals surface area contributed by atoms with Crippen LogP contribution >= 0.6 is 11.3 Å². The van der Waals surface area contributed by atoms with Crippen molar-refractivity contribution < 1.29 is 0 Å². The zero-order valence-electron chi connectivity index (χ0n) is 9.78. The lowest BCUT2D eigenvalue weighted by Crippen LogP contribution is -2.38. The van der Waals surface area contributed by atoms with E-state index in [0.717, 1.165) is 16.7 Å². The molecule has 3 N–H and O–H groups in total. The van der Waals surface area contributed by atoms with Crippen molar-refractivity contribution in [3.05, 3.63) is 6.20 Å². The molecule has 4 nitrogen and oxygen atoms in total. The molecule has 0 amide bonds. The van der Waals surface area contributed by atoms with E-state index in [0.29, 0.717) is 6.04 Å². The summed E-state index contributed by atoms with van der Waals surface area (Å²) in [7, 11) is 0. The molecule has 0 aliphatic carbocycles. The highest BCUT2D eigenvalue weighted by molar-refractivity contribution is 7.19. The third-order valence-corrected chi connectivity index (χ3v) is 3.63. The molecule has 16 heavy (non-hydrogen) atoms. The molecule has 1 aliphatic heterocycles. The van der Waals surface area contributed by atoms with Crippen LogP contribution in [0.15, 0.2) is 6.20 Å².